The number of para-hydroxylation sites is 1. The Morgan fingerprint density at radius 2 is 1.73 bits per heavy atom. The zero-order valence-electron chi connectivity index (χ0n) is 21.7. The second-order valence-electron chi connectivity index (χ2n) is 9.46. The van der Waals surface area contributed by atoms with E-state index in [0.717, 1.165) is 38.0 Å². The fraction of sp³-hybridized carbons (Fsp3) is 0.0938. The smallest absolute Gasteiger partial charge is 0.294 e. The lowest BCUT2D eigenvalue weighted by atomic mass is 10.1. The quantitative estimate of drug-likeness (QED) is 0.167. The summed E-state index contributed by atoms with van der Waals surface area (Å²) >= 11 is 2.43. The lowest BCUT2D eigenvalue weighted by Crippen LogP contribution is -2.36. The first-order valence-electron chi connectivity index (χ1n) is 12.7. The molecule has 8 heteroatoms. The van der Waals surface area contributed by atoms with Crippen LogP contribution in [0.15, 0.2) is 107 Å². The molecule has 1 aliphatic rings. The van der Waals surface area contributed by atoms with Crippen molar-refractivity contribution in [3.8, 4) is 0 Å². The summed E-state index contributed by atoms with van der Waals surface area (Å²) in [7, 11) is 0. The Kier molecular flexibility index (Phi) is 7.19. The predicted octanol–water partition coefficient (Wildman–Crippen LogP) is 7.24. The van der Waals surface area contributed by atoms with Crippen LogP contribution in [0.4, 0.5) is 10.5 Å². The standard InChI is InChI=1S/C32H25N3O3S2/c1-39-26-10-6-9-25(17-26)33-30(36)20-35-31(37)29(40-32(35)38)16-24-19-34(28-12-5-4-11-27(24)28)18-21-13-14-22-7-2-3-8-23(22)15-21/h2-17,19H,18,20H2,1H3,(H,33,36)/b29-16-. The molecule has 0 bridgehead atoms. The lowest BCUT2D eigenvalue weighted by molar-refractivity contribution is -0.127. The van der Waals surface area contributed by atoms with Gasteiger partial charge in [0.05, 0.1) is 4.91 Å². The van der Waals surface area contributed by atoms with E-state index in [1.807, 2.05) is 61.0 Å². The van der Waals surface area contributed by atoms with Gasteiger partial charge in [-0.25, -0.2) is 0 Å². The number of aromatic nitrogens is 1. The van der Waals surface area contributed by atoms with Crippen molar-refractivity contribution in [2.45, 2.75) is 11.4 Å². The van der Waals surface area contributed by atoms with Gasteiger partial charge in [-0.1, -0.05) is 60.7 Å². The zero-order chi connectivity index (χ0) is 27.6. The van der Waals surface area contributed by atoms with Gasteiger partial charge in [0.1, 0.15) is 6.54 Å². The maximum absolute atomic E-state index is 13.2. The van der Waals surface area contributed by atoms with Crippen molar-refractivity contribution in [3.63, 3.8) is 0 Å². The Hall–Kier alpha value is -4.27. The molecule has 2 heterocycles. The third-order valence-electron chi connectivity index (χ3n) is 6.80. The molecular weight excluding hydrogens is 539 g/mol. The first-order chi connectivity index (χ1) is 19.5. The molecule has 4 aromatic carbocycles. The van der Waals surface area contributed by atoms with Crippen molar-refractivity contribution in [2.24, 2.45) is 0 Å². The molecule has 0 radical (unpaired) electrons. The number of thioether (sulfide) groups is 2. The van der Waals surface area contributed by atoms with E-state index in [2.05, 4.69) is 46.3 Å². The molecule has 6 nitrogen and oxygen atoms in total. The molecule has 1 aliphatic heterocycles. The second kappa shape index (κ2) is 11.1. The van der Waals surface area contributed by atoms with Crippen LogP contribution in [-0.2, 0) is 16.1 Å². The minimum absolute atomic E-state index is 0.302. The van der Waals surface area contributed by atoms with Gasteiger partial charge in [-0.3, -0.25) is 19.3 Å². The van der Waals surface area contributed by atoms with Crippen molar-refractivity contribution in [1.29, 1.82) is 0 Å². The van der Waals surface area contributed by atoms with Gasteiger partial charge in [0, 0.05) is 39.8 Å². The summed E-state index contributed by atoms with van der Waals surface area (Å²) in [6.45, 7) is 0.327. The summed E-state index contributed by atoms with van der Waals surface area (Å²) in [5.74, 6) is -0.886. The highest BCUT2D eigenvalue weighted by Gasteiger charge is 2.36. The van der Waals surface area contributed by atoms with Crippen LogP contribution in [0.25, 0.3) is 27.8 Å². The maximum atomic E-state index is 13.2. The van der Waals surface area contributed by atoms with E-state index < -0.39 is 17.1 Å². The van der Waals surface area contributed by atoms with Gasteiger partial charge < -0.3 is 9.88 Å². The van der Waals surface area contributed by atoms with E-state index in [-0.39, 0.29) is 6.54 Å². The van der Waals surface area contributed by atoms with Crippen LogP contribution in [0.5, 0.6) is 0 Å². The molecule has 0 saturated carbocycles. The third kappa shape index (κ3) is 5.28. The molecule has 0 unspecified atom stereocenters. The van der Waals surface area contributed by atoms with Crippen molar-refractivity contribution in [3.05, 3.63) is 113 Å². The topological polar surface area (TPSA) is 71.4 Å². The molecule has 5 aromatic rings. The molecule has 1 fully saturated rings. The molecule has 1 aromatic heterocycles. The number of carbonyl (C=O) groups excluding carboxylic acids is 3. The Labute approximate surface area is 240 Å². The van der Waals surface area contributed by atoms with Gasteiger partial charge in [-0.2, -0.15) is 0 Å². The number of imide groups is 1. The van der Waals surface area contributed by atoms with Crippen LogP contribution in [0.1, 0.15) is 11.1 Å². The highest BCUT2D eigenvalue weighted by molar-refractivity contribution is 8.18. The predicted molar refractivity (Wildman–Crippen MR) is 165 cm³/mol. The monoisotopic (exact) mass is 563 g/mol. The average molecular weight is 564 g/mol. The van der Waals surface area contributed by atoms with Crippen molar-refractivity contribution < 1.29 is 14.4 Å². The minimum atomic E-state index is -0.464. The van der Waals surface area contributed by atoms with Crippen LogP contribution >= 0.6 is 23.5 Å². The number of hydrogen-bond acceptors (Lipinski definition) is 5. The molecule has 0 atom stereocenters. The maximum Gasteiger partial charge on any atom is 0.294 e. The Balaban J connectivity index is 1.23. The number of carbonyl (C=O) groups is 3. The number of rotatable bonds is 7. The van der Waals surface area contributed by atoms with E-state index in [1.54, 1.807) is 23.9 Å². The van der Waals surface area contributed by atoms with Crippen LogP contribution in [0, 0.1) is 0 Å². The van der Waals surface area contributed by atoms with Gasteiger partial charge in [-0.05, 0) is 70.8 Å². The van der Waals surface area contributed by atoms with Crippen molar-refractivity contribution in [1.82, 2.24) is 9.47 Å². The fourth-order valence-electron chi connectivity index (χ4n) is 4.88. The van der Waals surface area contributed by atoms with Gasteiger partial charge in [-0.15, -0.1) is 11.8 Å². The van der Waals surface area contributed by atoms with E-state index >= 15 is 0 Å². The zero-order valence-corrected chi connectivity index (χ0v) is 23.3. The summed E-state index contributed by atoms with van der Waals surface area (Å²) in [5, 5.41) is 5.70. The molecule has 6 rings (SSSR count). The first kappa shape index (κ1) is 26.0. The molecule has 3 amide bonds. The largest absolute Gasteiger partial charge is 0.342 e. The van der Waals surface area contributed by atoms with E-state index in [0.29, 0.717) is 17.1 Å². The SMILES string of the molecule is CSc1cccc(NC(=O)CN2C(=O)S/C(=C\c3cn(Cc4ccc5ccccc5c4)c4ccccc34)C2=O)c1. The molecule has 40 heavy (non-hydrogen) atoms. The highest BCUT2D eigenvalue weighted by Crippen LogP contribution is 2.34. The van der Waals surface area contributed by atoms with Crippen LogP contribution < -0.4 is 5.32 Å². The first-order valence-corrected chi connectivity index (χ1v) is 14.8. The van der Waals surface area contributed by atoms with Crippen LogP contribution in [-0.4, -0.2) is 39.3 Å². The summed E-state index contributed by atoms with van der Waals surface area (Å²) in [6.07, 6.45) is 5.72. The summed E-state index contributed by atoms with van der Waals surface area (Å²) < 4.78 is 2.16. The number of amides is 3. The lowest BCUT2D eigenvalue weighted by Gasteiger charge is -2.12. The highest BCUT2D eigenvalue weighted by atomic mass is 32.2. The summed E-state index contributed by atoms with van der Waals surface area (Å²) in [5.41, 5.74) is 3.67. The van der Waals surface area contributed by atoms with Crippen LogP contribution in [0.3, 0.4) is 0 Å². The number of nitrogens with zero attached hydrogens (tertiary/aromatic N) is 2. The number of fused-ring (bicyclic) bond motifs is 2. The summed E-state index contributed by atoms with van der Waals surface area (Å²) in [6, 6.07) is 30.2. The molecule has 1 N–H and O–H groups in total. The number of benzene rings is 4. The second-order valence-corrected chi connectivity index (χ2v) is 11.3. The number of anilines is 1. The molecule has 0 aliphatic carbocycles. The van der Waals surface area contributed by atoms with E-state index in [1.165, 1.54) is 16.3 Å². The van der Waals surface area contributed by atoms with Gasteiger partial charge >= 0.3 is 0 Å². The van der Waals surface area contributed by atoms with E-state index in [4.69, 9.17) is 0 Å². The fourth-order valence-corrected chi connectivity index (χ4v) is 6.17. The Morgan fingerprint density at radius 1 is 0.925 bits per heavy atom. The van der Waals surface area contributed by atoms with Crippen molar-refractivity contribution in [2.75, 3.05) is 18.1 Å². The molecule has 198 valence electrons. The normalized spacial score (nSPS) is 14.5. The Morgan fingerprint density at radius 3 is 2.58 bits per heavy atom. The number of nitrogens with one attached hydrogen (secondary N) is 1. The van der Waals surface area contributed by atoms with Gasteiger partial charge in [0.15, 0.2) is 0 Å². The summed E-state index contributed by atoms with van der Waals surface area (Å²) in [4.78, 5) is 40.9. The molecule has 1 saturated heterocycles. The third-order valence-corrected chi connectivity index (χ3v) is 8.43. The van der Waals surface area contributed by atoms with Crippen LogP contribution in [0.2, 0.25) is 0 Å². The Bertz CT molecular complexity index is 1830. The number of hydrogen-bond donors (Lipinski definition) is 1. The molecular formula is C32H25N3O3S2. The minimum Gasteiger partial charge on any atom is -0.342 e. The van der Waals surface area contributed by atoms with Gasteiger partial charge in [0.25, 0.3) is 11.1 Å². The van der Waals surface area contributed by atoms with E-state index in [9.17, 15) is 14.4 Å². The van der Waals surface area contributed by atoms with Crippen molar-refractivity contribution >= 4 is 74.0 Å². The average Bonchev–Trinajstić information content (AvgIpc) is 3.44. The molecule has 0 spiro atoms. The van der Waals surface area contributed by atoms with Gasteiger partial charge in [0.2, 0.25) is 5.91 Å².